The minimum atomic E-state index is -1.14. The van der Waals surface area contributed by atoms with E-state index in [1.54, 1.807) is 12.1 Å². The van der Waals surface area contributed by atoms with E-state index < -0.39 is 24.4 Å². The van der Waals surface area contributed by atoms with Crippen molar-refractivity contribution in [2.75, 3.05) is 0 Å². The van der Waals surface area contributed by atoms with E-state index in [1.807, 2.05) is 0 Å². The van der Waals surface area contributed by atoms with Crippen molar-refractivity contribution in [3.63, 3.8) is 0 Å². The van der Waals surface area contributed by atoms with Gasteiger partial charge in [-0.15, -0.1) is 0 Å². The average molecular weight is 183 g/mol. The van der Waals surface area contributed by atoms with Crippen molar-refractivity contribution >= 4 is 11.9 Å². The zero-order valence-electron chi connectivity index (χ0n) is 6.75. The number of aliphatic carboxylic acids is 2. The summed E-state index contributed by atoms with van der Waals surface area (Å²) in [4.78, 5) is 21.0. The number of carbonyl (C=O) groups is 2. The van der Waals surface area contributed by atoms with Gasteiger partial charge in [0.05, 0.1) is 6.42 Å². The van der Waals surface area contributed by atoms with Crippen molar-refractivity contribution in [3.05, 3.63) is 24.5 Å². The Labute approximate surface area is 74.2 Å². The predicted octanol–water partition coefficient (Wildman–Crippen LogP) is 0.588. The third-order valence-corrected chi connectivity index (χ3v) is 1.64. The monoisotopic (exact) mass is 183 g/mol. The highest BCUT2D eigenvalue weighted by atomic mass is 16.4. The fourth-order valence-electron chi connectivity index (χ4n) is 1.04. The Balaban J connectivity index is 2.81. The van der Waals surface area contributed by atoms with Gasteiger partial charge in [-0.2, -0.15) is 0 Å². The summed E-state index contributed by atoms with van der Waals surface area (Å²) in [6.07, 6.45) is 2.65. The Morgan fingerprint density at radius 1 is 1.23 bits per heavy atom. The molecular weight excluding hydrogens is 174 g/mol. The molecule has 0 aliphatic rings. The van der Waals surface area contributed by atoms with Gasteiger partial charge in [0, 0.05) is 12.4 Å². The molecular formula is C8H9NO4. The van der Waals surface area contributed by atoms with Gasteiger partial charge in [0.2, 0.25) is 0 Å². The first-order valence-electron chi connectivity index (χ1n) is 3.68. The van der Waals surface area contributed by atoms with Crippen LogP contribution in [-0.4, -0.2) is 26.7 Å². The van der Waals surface area contributed by atoms with Gasteiger partial charge in [-0.25, -0.2) is 4.79 Å². The molecule has 2 N–H and O–H groups in total. The minimum absolute atomic E-state index is 0.413. The second-order valence-electron chi connectivity index (χ2n) is 2.58. The number of hydrogen-bond donors (Lipinski definition) is 2. The fourth-order valence-corrected chi connectivity index (χ4v) is 1.04. The molecule has 1 rings (SSSR count). The molecule has 1 heterocycles. The summed E-state index contributed by atoms with van der Waals surface area (Å²) in [6.45, 7) is 0. The molecule has 1 aromatic rings. The van der Waals surface area contributed by atoms with E-state index in [9.17, 15) is 9.59 Å². The van der Waals surface area contributed by atoms with Crippen LogP contribution in [0.5, 0.6) is 0 Å². The van der Waals surface area contributed by atoms with Gasteiger partial charge in [-0.05, 0) is 12.1 Å². The van der Waals surface area contributed by atoms with E-state index >= 15 is 0 Å². The van der Waals surface area contributed by atoms with Crippen molar-refractivity contribution in [2.45, 2.75) is 12.5 Å². The molecule has 1 atom stereocenters. The lowest BCUT2D eigenvalue weighted by Gasteiger charge is -2.10. The molecule has 70 valence electrons. The van der Waals surface area contributed by atoms with Crippen LogP contribution in [0.4, 0.5) is 0 Å². The molecule has 5 heteroatoms. The fraction of sp³-hybridized carbons (Fsp3) is 0.250. The molecule has 5 nitrogen and oxygen atoms in total. The molecule has 0 saturated carbocycles. The van der Waals surface area contributed by atoms with E-state index in [-0.39, 0.29) is 0 Å². The Morgan fingerprint density at radius 3 is 2.15 bits per heavy atom. The van der Waals surface area contributed by atoms with Crippen LogP contribution in [-0.2, 0) is 9.59 Å². The second kappa shape index (κ2) is 3.75. The zero-order valence-corrected chi connectivity index (χ0v) is 6.75. The van der Waals surface area contributed by atoms with E-state index in [0.717, 1.165) is 0 Å². The van der Waals surface area contributed by atoms with Crippen molar-refractivity contribution < 1.29 is 19.8 Å². The molecule has 0 bridgehead atoms. The van der Waals surface area contributed by atoms with E-state index in [4.69, 9.17) is 10.2 Å². The summed E-state index contributed by atoms with van der Waals surface area (Å²) in [7, 11) is 0. The summed E-state index contributed by atoms with van der Waals surface area (Å²) in [6, 6.07) is 2.28. The lowest BCUT2D eigenvalue weighted by molar-refractivity contribution is -0.147. The summed E-state index contributed by atoms with van der Waals surface area (Å²) in [5, 5.41) is 17.2. The maximum absolute atomic E-state index is 10.6. The quantitative estimate of drug-likeness (QED) is 0.715. The highest BCUT2D eigenvalue weighted by molar-refractivity contribution is 5.79. The summed E-state index contributed by atoms with van der Waals surface area (Å²) in [5.41, 5.74) is 0. The Morgan fingerprint density at radius 2 is 1.77 bits per heavy atom. The maximum atomic E-state index is 10.6. The molecule has 0 aromatic carbocycles. The van der Waals surface area contributed by atoms with Crippen molar-refractivity contribution in [2.24, 2.45) is 0 Å². The topological polar surface area (TPSA) is 79.5 Å². The van der Waals surface area contributed by atoms with Crippen LogP contribution in [0, 0.1) is 0 Å². The first-order valence-corrected chi connectivity index (χ1v) is 3.68. The van der Waals surface area contributed by atoms with Gasteiger partial charge in [0.15, 0.2) is 0 Å². The maximum Gasteiger partial charge on any atom is 0.327 e. The Hall–Kier alpha value is -1.78. The highest BCUT2D eigenvalue weighted by Gasteiger charge is 2.21. The average Bonchev–Trinajstić information content (AvgIpc) is 2.50. The highest BCUT2D eigenvalue weighted by Crippen LogP contribution is 2.11. The largest absolute Gasteiger partial charge is 0.481 e. The summed E-state index contributed by atoms with van der Waals surface area (Å²) >= 11 is 0. The van der Waals surface area contributed by atoms with E-state index in [0.29, 0.717) is 0 Å². The van der Waals surface area contributed by atoms with Gasteiger partial charge in [-0.3, -0.25) is 4.79 Å². The molecule has 0 fully saturated rings. The standard InChI is InChI=1S/C8H9NO4/c10-7(11)5-6(8(12)13)9-3-1-2-4-9/h1-4,6H,5H2,(H,10,11)(H,12,13). The lowest BCUT2D eigenvalue weighted by atomic mass is 10.2. The van der Waals surface area contributed by atoms with Crippen LogP contribution in [0.2, 0.25) is 0 Å². The van der Waals surface area contributed by atoms with Crippen LogP contribution in [0.25, 0.3) is 0 Å². The second-order valence-corrected chi connectivity index (χ2v) is 2.58. The summed E-state index contributed by atoms with van der Waals surface area (Å²) < 4.78 is 1.36. The number of carboxylic acids is 2. The molecule has 0 radical (unpaired) electrons. The van der Waals surface area contributed by atoms with E-state index in [2.05, 4.69) is 0 Å². The number of carboxylic acid groups (broad SMARTS) is 2. The number of rotatable bonds is 4. The van der Waals surface area contributed by atoms with Gasteiger partial charge < -0.3 is 14.8 Å². The van der Waals surface area contributed by atoms with Crippen LogP contribution >= 0.6 is 0 Å². The number of nitrogens with zero attached hydrogens (tertiary/aromatic N) is 1. The molecule has 1 aromatic heterocycles. The normalized spacial score (nSPS) is 12.3. The van der Waals surface area contributed by atoms with Crippen molar-refractivity contribution in [1.82, 2.24) is 4.57 Å². The van der Waals surface area contributed by atoms with Crippen LogP contribution in [0.3, 0.4) is 0 Å². The van der Waals surface area contributed by atoms with Crippen molar-refractivity contribution in [3.8, 4) is 0 Å². The molecule has 0 aliphatic heterocycles. The van der Waals surface area contributed by atoms with Crippen LogP contribution in [0.1, 0.15) is 12.5 Å². The SMILES string of the molecule is O=C(O)CC(C(=O)O)n1cccc1. The third-order valence-electron chi connectivity index (χ3n) is 1.64. The van der Waals surface area contributed by atoms with Crippen LogP contribution in [0.15, 0.2) is 24.5 Å². The third kappa shape index (κ3) is 2.33. The summed E-state index contributed by atoms with van der Waals surface area (Å²) in [5.74, 6) is -2.26. The van der Waals surface area contributed by atoms with Crippen molar-refractivity contribution in [1.29, 1.82) is 0 Å². The predicted molar refractivity (Wildman–Crippen MR) is 43.4 cm³/mol. The molecule has 0 amide bonds. The first kappa shape index (κ1) is 9.31. The molecule has 1 unspecified atom stereocenters. The molecule has 0 saturated heterocycles. The van der Waals surface area contributed by atoms with E-state index in [1.165, 1.54) is 17.0 Å². The zero-order chi connectivity index (χ0) is 9.84. The first-order chi connectivity index (χ1) is 6.11. The smallest absolute Gasteiger partial charge is 0.327 e. The Bertz CT molecular complexity index is 304. The molecule has 0 spiro atoms. The Kier molecular flexibility index (Phi) is 2.69. The lowest BCUT2D eigenvalue weighted by Crippen LogP contribution is -2.20. The van der Waals surface area contributed by atoms with Crippen LogP contribution < -0.4 is 0 Å². The van der Waals surface area contributed by atoms with Gasteiger partial charge in [0.1, 0.15) is 6.04 Å². The minimum Gasteiger partial charge on any atom is -0.481 e. The number of aromatic nitrogens is 1. The number of hydrogen-bond acceptors (Lipinski definition) is 2. The van der Waals surface area contributed by atoms with Gasteiger partial charge in [0.25, 0.3) is 0 Å². The molecule has 0 aliphatic carbocycles. The van der Waals surface area contributed by atoms with Gasteiger partial charge >= 0.3 is 11.9 Å². The molecule has 13 heavy (non-hydrogen) atoms. The van der Waals surface area contributed by atoms with Gasteiger partial charge in [-0.1, -0.05) is 0 Å².